The number of amides is 2. The van der Waals surface area contributed by atoms with Gasteiger partial charge in [0.2, 0.25) is 0 Å². The van der Waals surface area contributed by atoms with E-state index >= 15 is 0 Å². The van der Waals surface area contributed by atoms with Crippen molar-refractivity contribution in [3.8, 4) is 0 Å². The number of nitrogens with one attached hydrogen (secondary N) is 2. The van der Waals surface area contributed by atoms with Crippen LogP contribution < -0.4 is 10.6 Å². The molecule has 1 aliphatic heterocycles. The summed E-state index contributed by atoms with van der Waals surface area (Å²) in [6, 6.07) is 0.0954. The van der Waals surface area contributed by atoms with Gasteiger partial charge in [0, 0.05) is 26.2 Å². The molecule has 4 nitrogen and oxygen atoms in total. The van der Waals surface area contributed by atoms with E-state index in [0.29, 0.717) is 0 Å². The number of hydrogen-bond acceptors (Lipinski definition) is 2. The van der Waals surface area contributed by atoms with E-state index in [1.807, 2.05) is 4.90 Å². The first-order chi connectivity index (χ1) is 8.75. The average Bonchev–Trinajstić information content (AvgIpc) is 2.77. The van der Waals surface area contributed by atoms with Gasteiger partial charge in [0.05, 0.1) is 0 Å². The first-order valence-corrected chi connectivity index (χ1v) is 7.49. The van der Waals surface area contributed by atoms with Crippen LogP contribution >= 0.6 is 0 Å². The van der Waals surface area contributed by atoms with Crippen LogP contribution in [0.25, 0.3) is 0 Å². The Morgan fingerprint density at radius 1 is 1.28 bits per heavy atom. The number of nitrogens with zero attached hydrogens (tertiary/aromatic N) is 1. The maximum absolute atomic E-state index is 11.3. The molecule has 1 saturated heterocycles. The Balaban J connectivity index is 1.47. The van der Waals surface area contributed by atoms with Crippen LogP contribution in [0.4, 0.5) is 4.79 Å². The van der Waals surface area contributed by atoms with Crippen LogP contribution in [0, 0.1) is 11.8 Å². The first-order valence-electron chi connectivity index (χ1n) is 7.49. The molecule has 1 saturated carbocycles. The van der Waals surface area contributed by atoms with Gasteiger partial charge in [-0.1, -0.05) is 32.6 Å². The van der Waals surface area contributed by atoms with Gasteiger partial charge >= 0.3 is 6.03 Å². The van der Waals surface area contributed by atoms with Crippen LogP contribution in [0.5, 0.6) is 0 Å². The van der Waals surface area contributed by atoms with E-state index in [2.05, 4.69) is 17.6 Å². The second-order valence-electron chi connectivity index (χ2n) is 5.88. The normalized spacial score (nSPS) is 28.5. The first kappa shape index (κ1) is 13.7. The molecule has 18 heavy (non-hydrogen) atoms. The highest BCUT2D eigenvalue weighted by atomic mass is 16.2. The summed E-state index contributed by atoms with van der Waals surface area (Å²) >= 11 is 0. The molecular weight excluding hydrogens is 226 g/mol. The highest BCUT2D eigenvalue weighted by Gasteiger charge is 2.19. The van der Waals surface area contributed by atoms with Crippen LogP contribution in [0.1, 0.15) is 39.0 Å². The van der Waals surface area contributed by atoms with Crippen molar-refractivity contribution < 1.29 is 4.79 Å². The SMILES string of the molecule is CC1CCC(CCNCCN2CCNC2=O)CC1. The van der Waals surface area contributed by atoms with Crippen molar-refractivity contribution in [1.82, 2.24) is 15.5 Å². The Morgan fingerprint density at radius 2 is 2.06 bits per heavy atom. The van der Waals surface area contributed by atoms with Gasteiger partial charge in [0.25, 0.3) is 0 Å². The van der Waals surface area contributed by atoms with Crippen LogP contribution in [-0.2, 0) is 0 Å². The van der Waals surface area contributed by atoms with Crippen molar-refractivity contribution in [2.45, 2.75) is 39.0 Å². The summed E-state index contributed by atoms with van der Waals surface area (Å²) in [5.41, 5.74) is 0. The quantitative estimate of drug-likeness (QED) is 0.709. The molecule has 0 atom stereocenters. The van der Waals surface area contributed by atoms with Crippen LogP contribution in [-0.4, -0.2) is 43.7 Å². The number of rotatable bonds is 6. The molecule has 2 amide bonds. The van der Waals surface area contributed by atoms with Gasteiger partial charge in [-0.15, -0.1) is 0 Å². The summed E-state index contributed by atoms with van der Waals surface area (Å²) in [6.45, 7) is 6.91. The van der Waals surface area contributed by atoms with Gasteiger partial charge in [0.15, 0.2) is 0 Å². The minimum Gasteiger partial charge on any atom is -0.336 e. The summed E-state index contributed by atoms with van der Waals surface area (Å²) in [6.07, 6.45) is 6.96. The van der Waals surface area contributed by atoms with Gasteiger partial charge in [-0.2, -0.15) is 0 Å². The molecule has 0 bridgehead atoms. The predicted molar refractivity (Wildman–Crippen MR) is 73.6 cm³/mol. The third-order valence-corrected chi connectivity index (χ3v) is 4.37. The Bertz CT molecular complexity index is 262. The van der Waals surface area contributed by atoms with E-state index in [1.54, 1.807) is 0 Å². The molecule has 0 aromatic heterocycles. The summed E-state index contributed by atoms with van der Waals surface area (Å²) < 4.78 is 0. The van der Waals surface area contributed by atoms with E-state index in [4.69, 9.17) is 0 Å². The molecular formula is C14H27N3O. The number of hydrogen-bond donors (Lipinski definition) is 2. The lowest BCUT2D eigenvalue weighted by atomic mass is 9.81. The molecule has 0 unspecified atom stereocenters. The molecule has 104 valence electrons. The lowest BCUT2D eigenvalue weighted by Gasteiger charge is -2.26. The van der Waals surface area contributed by atoms with Gasteiger partial charge in [-0.25, -0.2) is 4.79 Å². The lowest BCUT2D eigenvalue weighted by molar-refractivity contribution is 0.217. The van der Waals surface area contributed by atoms with Crippen LogP contribution in [0.2, 0.25) is 0 Å². The second kappa shape index (κ2) is 6.98. The van der Waals surface area contributed by atoms with Crippen LogP contribution in [0.15, 0.2) is 0 Å². The molecule has 1 aliphatic carbocycles. The Hall–Kier alpha value is -0.770. The van der Waals surface area contributed by atoms with Gasteiger partial charge < -0.3 is 15.5 Å². The molecule has 0 spiro atoms. The van der Waals surface area contributed by atoms with Gasteiger partial charge in [-0.05, 0) is 24.8 Å². The monoisotopic (exact) mass is 253 g/mol. The van der Waals surface area contributed by atoms with E-state index in [9.17, 15) is 4.79 Å². The third kappa shape index (κ3) is 4.16. The molecule has 2 rings (SSSR count). The summed E-state index contributed by atoms with van der Waals surface area (Å²) in [4.78, 5) is 13.2. The van der Waals surface area contributed by atoms with Crippen molar-refractivity contribution in [1.29, 1.82) is 0 Å². The molecule has 0 aromatic carbocycles. The van der Waals surface area contributed by atoms with Gasteiger partial charge in [0.1, 0.15) is 0 Å². The molecule has 2 fully saturated rings. The van der Waals surface area contributed by atoms with E-state index in [0.717, 1.165) is 44.6 Å². The van der Waals surface area contributed by atoms with E-state index in [1.165, 1.54) is 32.1 Å². The zero-order valence-electron chi connectivity index (χ0n) is 11.6. The minimum atomic E-state index is 0.0954. The maximum atomic E-state index is 11.3. The third-order valence-electron chi connectivity index (χ3n) is 4.37. The van der Waals surface area contributed by atoms with E-state index < -0.39 is 0 Å². The predicted octanol–water partition coefficient (Wildman–Crippen LogP) is 1.82. The second-order valence-corrected chi connectivity index (χ2v) is 5.88. The largest absolute Gasteiger partial charge is 0.336 e. The molecule has 0 radical (unpaired) electrons. The zero-order valence-corrected chi connectivity index (χ0v) is 11.6. The van der Waals surface area contributed by atoms with Crippen molar-refractivity contribution >= 4 is 6.03 Å². The Morgan fingerprint density at radius 3 is 2.72 bits per heavy atom. The molecule has 1 heterocycles. The van der Waals surface area contributed by atoms with Gasteiger partial charge in [-0.3, -0.25) is 0 Å². The standard InChI is InChI=1S/C14H27N3O/c1-12-2-4-13(5-3-12)6-7-15-8-10-17-11-9-16-14(17)18/h12-13,15H,2-11H2,1H3,(H,16,18). The topological polar surface area (TPSA) is 44.4 Å². The average molecular weight is 253 g/mol. The summed E-state index contributed by atoms with van der Waals surface area (Å²) in [5.74, 6) is 1.88. The highest BCUT2D eigenvalue weighted by molar-refractivity contribution is 5.76. The van der Waals surface area contributed by atoms with Crippen molar-refractivity contribution in [3.63, 3.8) is 0 Å². The maximum Gasteiger partial charge on any atom is 0.317 e. The number of carbonyl (C=O) groups excluding carboxylic acids is 1. The van der Waals surface area contributed by atoms with Crippen molar-refractivity contribution in [2.24, 2.45) is 11.8 Å². The lowest BCUT2D eigenvalue weighted by Crippen LogP contribution is -2.35. The summed E-state index contributed by atoms with van der Waals surface area (Å²) in [7, 11) is 0. The van der Waals surface area contributed by atoms with E-state index in [-0.39, 0.29) is 6.03 Å². The Labute approximate surface area is 110 Å². The fourth-order valence-electron chi connectivity index (χ4n) is 2.99. The van der Waals surface area contributed by atoms with Crippen molar-refractivity contribution in [2.75, 3.05) is 32.7 Å². The fraction of sp³-hybridized carbons (Fsp3) is 0.929. The zero-order chi connectivity index (χ0) is 12.8. The molecule has 2 N–H and O–H groups in total. The fourth-order valence-corrected chi connectivity index (χ4v) is 2.99. The summed E-state index contributed by atoms with van der Waals surface area (Å²) in [5, 5.41) is 6.30. The van der Waals surface area contributed by atoms with Crippen LogP contribution in [0.3, 0.4) is 0 Å². The Kier molecular flexibility index (Phi) is 5.29. The number of urea groups is 1. The smallest absolute Gasteiger partial charge is 0.317 e. The number of carbonyl (C=O) groups is 1. The molecule has 2 aliphatic rings. The minimum absolute atomic E-state index is 0.0954. The van der Waals surface area contributed by atoms with Crippen molar-refractivity contribution in [3.05, 3.63) is 0 Å². The molecule has 4 heteroatoms. The molecule has 0 aromatic rings. The highest BCUT2D eigenvalue weighted by Crippen LogP contribution is 2.29.